The standard InChI is InChI=1S/C14H20O2/c1-4-11(10-13(15)16)14(2,3)12-8-6-5-7-9-12/h5-9,11H,4,10H2,1-3H3,(H,15,16). The molecular weight excluding hydrogens is 200 g/mol. The second-order valence-corrected chi connectivity index (χ2v) is 4.79. The molecular formula is C14H20O2. The van der Waals surface area contributed by atoms with E-state index in [4.69, 9.17) is 5.11 Å². The van der Waals surface area contributed by atoms with Crippen molar-refractivity contribution in [3.05, 3.63) is 35.9 Å². The molecule has 0 spiro atoms. The molecule has 1 N–H and O–H groups in total. The summed E-state index contributed by atoms with van der Waals surface area (Å²) in [5.74, 6) is -0.539. The minimum atomic E-state index is -0.712. The van der Waals surface area contributed by atoms with Crippen LogP contribution in [0.3, 0.4) is 0 Å². The summed E-state index contributed by atoms with van der Waals surface area (Å²) in [5, 5.41) is 8.93. The Hall–Kier alpha value is -1.31. The van der Waals surface area contributed by atoms with Crippen molar-refractivity contribution in [2.75, 3.05) is 0 Å². The van der Waals surface area contributed by atoms with Gasteiger partial charge in [0.05, 0.1) is 0 Å². The van der Waals surface area contributed by atoms with Gasteiger partial charge < -0.3 is 5.11 Å². The fourth-order valence-corrected chi connectivity index (χ4v) is 2.22. The first kappa shape index (κ1) is 12.8. The fraction of sp³-hybridized carbons (Fsp3) is 0.500. The zero-order valence-corrected chi connectivity index (χ0v) is 10.2. The van der Waals surface area contributed by atoms with Crippen molar-refractivity contribution in [1.29, 1.82) is 0 Å². The smallest absolute Gasteiger partial charge is 0.303 e. The van der Waals surface area contributed by atoms with Crippen LogP contribution in [0, 0.1) is 5.92 Å². The number of carboxylic acid groups (broad SMARTS) is 1. The van der Waals surface area contributed by atoms with Crippen LogP contribution in [-0.4, -0.2) is 11.1 Å². The lowest BCUT2D eigenvalue weighted by molar-refractivity contribution is -0.138. The van der Waals surface area contributed by atoms with Gasteiger partial charge in [-0.2, -0.15) is 0 Å². The molecule has 0 aliphatic rings. The lowest BCUT2D eigenvalue weighted by atomic mass is 9.71. The molecule has 0 saturated heterocycles. The zero-order valence-electron chi connectivity index (χ0n) is 10.2. The topological polar surface area (TPSA) is 37.3 Å². The molecule has 1 unspecified atom stereocenters. The van der Waals surface area contributed by atoms with Gasteiger partial charge in [0.2, 0.25) is 0 Å². The molecule has 0 radical (unpaired) electrons. The van der Waals surface area contributed by atoms with Crippen LogP contribution >= 0.6 is 0 Å². The van der Waals surface area contributed by atoms with Crippen molar-refractivity contribution < 1.29 is 9.90 Å². The molecule has 0 aliphatic carbocycles. The van der Waals surface area contributed by atoms with Crippen LogP contribution in [0.4, 0.5) is 0 Å². The Labute approximate surface area is 97.3 Å². The number of aliphatic carboxylic acids is 1. The minimum Gasteiger partial charge on any atom is -0.481 e. The SMILES string of the molecule is CCC(CC(=O)O)C(C)(C)c1ccccc1. The highest BCUT2D eigenvalue weighted by molar-refractivity contribution is 5.67. The van der Waals surface area contributed by atoms with Crippen LogP contribution in [0.25, 0.3) is 0 Å². The summed E-state index contributed by atoms with van der Waals surface area (Å²) in [4.78, 5) is 10.8. The van der Waals surface area contributed by atoms with E-state index in [0.717, 1.165) is 6.42 Å². The molecule has 0 aliphatic heterocycles. The Bertz CT molecular complexity index is 341. The molecule has 2 nitrogen and oxygen atoms in total. The van der Waals surface area contributed by atoms with Crippen LogP contribution in [0.1, 0.15) is 39.2 Å². The molecule has 0 heterocycles. The molecule has 1 aromatic carbocycles. The lowest BCUT2D eigenvalue weighted by Crippen LogP contribution is -2.30. The summed E-state index contributed by atoms with van der Waals surface area (Å²) >= 11 is 0. The monoisotopic (exact) mass is 220 g/mol. The van der Waals surface area contributed by atoms with E-state index in [1.165, 1.54) is 5.56 Å². The van der Waals surface area contributed by atoms with E-state index in [9.17, 15) is 4.79 Å². The number of rotatable bonds is 5. The maximum Gasteiger partial charge on any atom is 0.303 e. The summed E-state index contributed by atoms with van der Waals surface area (Å²) < 4.78 is 0. The van der Waals surface area contributed by atoms with Crippen LogP contribution in [0.15, 0.2) is 30.3 Å². The highest BCUT2D eigenvalue weighted by atomic mass is 16.4. The van der Waals surface area contributed by atoms with E-state index in [-0.39, 0.29) is 17.8 Å². The number of carboxylic acids is 1. The molecule has 88 valence electrons. The third kappa shape index (κ3) is 2.84. The van der Waals surface area contributed by atoms with Gasteiger partial charge in [0.15, 0.2) is 0 Å². The average molecular weight is 220 g/mol. The Kier molecular flexibility index (Phi) is 4.11. The Balaban J connectivity index is 2.94. The van der Waals surface area contributed by atoms with Crippen molar-refractivity contribution in [2.45, 2.75) is 39.0 Å². The van der Waals surface area contributed by atoms with Crippen molar-refractivity contribution in [3.8, 4) is 0 Å². The van der Waals surface area contributed by atoms with Gasteiger partial charge >= 0.3 is 5.97 Å². The molecule has 0 bridgehead atoms. The van der Waals surface area contributed by atoms with E-state index in [1.54, 1.807) is 0 Å². The first-order chi connectivity index (χ1) is 7.48. The molecule has 1 aromatic rings. The predicted octanol–water partition coefficient (Wildman–Crippen LogP) is 3.47. The van der Waals surface area contributed by atoms with Crippen LogP contribution in [-0.2, 0) is 10.2 Å². The second kappa shape index (κ2) is 5.15. The molecule has 0 aromatic heterocycles. The second-order valence-electron chi connectivity index (χ2n) is 4.79. The van der Waals surface area contributed by atoms with Gasteiger partial charge in [-0.05, 0) is 16.9 Å². The van der Waals surface area contributed by atoms with E-state index in [2.05, 4.69) is 32.9 Å². The summed E-state index contributed by atoms with van der Waals surface area (Å²) in [6, 6.07) is 10.1. The van der Waals surface area contributed by atoms with Gasteiger partial charge in [-0.25, -0.2) is 0 Å². The average Bonchev–Trinajstić information content (AvgIpc) is 2.26. The van der Waals surface area contributed by atoms with Gasteiger partial charge in [-0.1, -0.05) is 57.5 Å². The lowest BCUT2D eigenvalue weighted by Gasteiger charge is -2.33. The van der Waals surface area contributed by atoms with Gasteiger partial charge in [-0.3, -0.25) is 4.79 Å². The first-order valence-electron chi connectivity index (χ1n) is 5.75. The maximum atomic E-state index is 10.8. The number of benzene rings is 1. The van der Waals surface area contributed by atoms with Gasteiger partial charge in [0.1, 0.15) is 0 Å². The zero-order chi connectivity index (χ0) is 12.2. The van der Waals surface area contributed by atoms with Gasteiger partial charge in [0, 0.05) is 6.42 Å². The summed E-state index contributed by atoms with van der Waals surface area (Å²) in [5.41, 5.74) is 1.12. The van der Waals surface area contributed by atoms with E-state index >= 15 is 0 Å². The van der Waals surface area contributed by atoms with Crippen molar-refractivity contribution in [1.82, 2.24) is 0 Å². The van der Waals surface area contributed by atoms with Gasteiger partial charge in [0.25, 0.3) is 0 Å². The van der Waals surface area contributed by atoms with Crippen LogP contribution in [0.5, 0.6) is 0 Å². The number of hydrogen-bond donors (Lipinski definition) is 1. The van der Waals surface area contributed by atoms with Crippen molar-refractivity contribution >= 4 is 5.97 Å². The molecule has 0 fully saturated rings. The Morgan fingerprint density at radius 3 is 2.31 bits per heavy atom. The summed E-state index contributed by atoms with van der Waals surface area (Å²) in [6.45, 7) is 6.30. The number of carbonyl (C=O) groups is 1. The molecule has 16 heavy (non-hydrogen) atoms. The summed E-state index contributed by atoms with van der Waals surface area (Å²) in [6.07, 6.45) is 1.12. The normalized spacial score (nSPS) is 13.4. The predicted molar refractivity (Wildman–Crippen MR) is 65.5 cm³/mol. The van der Waals surface area contributed by atoms with Gasteiger partial charge in [-0.15, -0.1) is 0 Å². The van der Waals surface area contributed by atoms with Crippen molar-refractivity contribution in [2.24, 2.45) is 5.92 Å². The molecule has 0 saturated carbocycles. The molecule has 1 atom stereocenters. The van der Waals surface area contributed by atoms with E-state index in [1.807, 2.05) is 18.2 Å². The highest BCUT2D eigenvalue weighted by Crippen LogP contribution is 2.35. The van der Waals surface area contributed by atoms with Crippen LogP contribution in [0.2, 0.25) is 0 Å². The van der Waals surface area contributed by atoms with E-state index < -0.39 is 5.97 Å². The number of hydrogen-bond acceptors (Lipinski definition) is 1. The maximum absolute atomic E-state index is 10.8. The molecule has 2 heteroatoms. The van der Waals surface area contributed by atoms with E-state index in [0.29, 0.717) is 0 Å². The van der Waals surface area contributed by atoms with Crippen molar-refractivity contribution in [3.63, 3.8) is 0 Å². The largest absolute Gasteiger partial charge is 0.481 e. The fourth-order valence-electron chi connectivity index (χ4n) is 2.22. The third-order valence-electron chi connectivity index (χ3n) is 3.45. The highest BCUT2D eigenvalue weighted by Gasteiger charge is 2.31. The van der Waals surface area contributed by atoms with Crippen LogP contribution < -0.4 is 0 Å². The summed E-state index contributed by atoms with van der Waals surface area (Å²) in [7, 11) is 0. The minimum absolute atomic E-state index is 0.0889. The first-order valence-corrected chi connectivity index (χ1v) is 5.75. The third-order valence-corrected chi connectivity index (χ3v) is 3.45. The quantitative estimate of drug-likeness (QED) is 0.825. The molecule has 0 amide bonds. The molecule has 1 rings (SSSR count). The Morgan fingerprint density at radius 1 is 1.31 bits per heavy atom. The Morgan fingerprint density at radius 2 is 1.88 bits per heavy atom.